The van der Waals surface area contributed by atoms with E-state index in [1.54, 1.807) is 19.5 Å². The lowest BCUT2D eigenvalue weighted by Gasteiger charge is -2.10. The minimum absolute atomic E-state index is 0.107. The van der Waals surface area contributed by atoms with Crippen molar-refractivity contribution in [3.8, 4) is 17.2 Å². The van der Waals surface area contributed by atoms with Crippen LogP contribution in [0.15, 0.2) is 47.3 Å². The lowest BCUT2D eigenvalue weighted by molar-refractivity contribution is 0.104. The van der Waals surface area contributed by atoms with Crippen LogP contribution in [0, 0.1) is 20.8 Å². The first-order chi connectivity index (χ1) is 13.4. The monoisotopic (exact) mass is 374 g/mol. The highest BCUT2D eigenvalue weighted by Crippen LogP contribution is 2.36. The number of furan rings is 1. The van der Waals surface area contributed by atoms with Gasteiger partial charge in [-0.3, -0.25) is 4.79 Å². The zero-order valence-corrected chi connectivity index (χ0v) is 16.7. The molecule has 0 fully saturated rings. The third-order valence-corrected chi connectivity index (χ3v) is 5.11. The number of ketones is 1. The molecule has 28 heavy (non-hydrogen) atoms. The largest absolute Gasteiger partial charge is 0.496 e. The number of rotatable bonds is 4. The first-order valence-electron chi connectivity index (χ1n) is 9.10. The van der Waals surface area contributed by atoms with E-state index < -0.39 is 0 Å². The molecule has 0 spiro atoms. The van der Waals surface area contributed by atoms with Gasteiger partial charge in [-0.1, -0.05) is 12.1 Å². The number of methoxy groups -OCH3 is 1. The summed E-state index contributed by atoms with van der Waals surface area (Å²) in [4.78, 5) is 18.0. The molecule has 0 bridgehead atoms. The van der Waals surface area contributed by atoms with Crippen molar-refractivity contribution in [1.29, 1.82) is 0 Å². The third-order valence-electron chi connectivity index (χ3n) is 5.11. The van der Waals surface area contributed by atoms with Gasteiger partial charge in [-0.25, -0.2) is 4.98 Å². The summed E-state index contributed by atoms with van der Waals surface area (Å²) >= 11 is 0. The number of imidazole rings is 1. The number of nitrogens with zero attached hydrogens (tertiary/aromatic N) is 2. The van der Waals surface area contributed by atoms with Crippen molar-refractivity contribution >= 4 is 16.8 Å². The fraction of sp³-hybridized carbons (Fsp3) is 0.217. The second-order valence-corrected chi connectivity index (χ2v) is 7.18. The highest BCUT2D eigenvalue weighted by atomic mass is 16.5. The van der Waals surface area contributed by atoms with Crippen molar-refractivity contribution in [2.45, 2.75) is 20.8 Å². The second-order valence-electron chi connectivity index (χ2n) is 7.18. The number of hydrogen-bond donors (Lipinski definition) is 0. The maximum Gasteiger partial charge on any atom is 0.197 e. The summed E-state index contributed by atoms with van der Waals surface area (Å²) in [6.45, 7) is 5.96. The molecule has 5 nitrogen and oxygen atoms in total. The molecular formula is C23H22N2O3. The van der Waals surface area contributed by atoms with Crippen LogP contribution in [0.2, 0.25) is 0 Å². The van der Waals surface area contributed by atoms with Gasteiger partial charge in [-0.05, 0) is 55.7 Å². The highest BCUT2D eigenvalue weighted by molar-refractivity contribution is 6.19. The van der Waals surface area contributed by atoms with Crippen LogP contribution in [0.1, 0.15) is 32.6 Å². The summed E-state index contributed by atoms with van der Waals surface area (Å²) in [5.74, 6) is 1.08. The number of ether oxygens (including phenoxy) is 1. The number of aromatic nitrogens is 2. The standard InChI is InChI=1S/C23H22N2O3/c1-13-6-7-17-20(8-13)28-23(18-11-25(4)12-24-18)21(17)22(26)16-9-14(2)15(3)19(10-16)27-5/h6-12H,1-5H3. The minimum atomic E-state index is -0.107. The van der Waals surface area contributed by atoms with Gasteiger partial charge in [0.25, 0.3) is 0 Å². The second kappa shape index (κ2) is 6.68. The van der Waals surface area contributed by atoms with E-state index in [0.29, 0.717) is 33.9 Å². The number of benzene rings is 2. The Kier molecular flexibility index (Phi) is 4.30. The van der Waals surface area contributed by atoms with E-state index in [2.05, 4.69) is 4.98 Å². The van der Waals surface area contributed by atoms with Gasteiger partial charge in [-0.15, -0.1) is 0 Å². The van der Waals surface area contributed by atoms with Gasteiger partial charge in [-0.2, -0.15) is 0 Å². The van der Waals surface area contributed by atoms with Crippen LogP contribution >= 0.6 is 0 Å². The quantitative estimate of drug-likeness (QED) is 0.472. The van der Waals surface area contributed by atoms with Gasteiger partial charge in [0.05, 0.1) is 19.0 Å². The van der Waals surface area contributed by atoms with Crippen molar-refractivity contribution in [2.24, 2.45) is 7.05 Å². The van der Waals surface area contributed by atoms with Crippen molar-refractivity contribution in [3.05, 3.63) is 70.7 Å². The molecule has 2 aromatic heterocycles. The Morgan fingerprint density at radius 3 is 2.61 bits per heavy atom. The molecule has 0 radical (unpaired) electrons. The Balaban J connectivity index is 1.97. The first-order valence-corrected chi connectivity index (χ1v) is 9.10. The molecule has 0 saturated heterocycles. The Morgan fingerprint density at radius 1 is 1.14 bits per heavy atom. The topological polar surface area (TPSA) is 57.3 Å². The Hall–Kier alpha value is -3.34. The predicted molar refractivity (Wildman–Crippen MR) is 109 cm³/mol. The minimum Gasteiger partial charge on any atom is -0.496 e. The van der Waals surface area contributed by atoms with Crippen LogP contribution in [-0.4, -0.2) is 22.4 Å². The lowest BCUT2D eigenvalue weighted by Crippen LogP contribution is -2.04. The van der Waals surface area contributed by atoms with Crippen LogP contribution < -0.4 is 4.74 Å². The zero-order chi connectivity index (χ0) is 20.0. The molecule has 0 aliphatic heterocycles. The fourth-order valence-electron chi connectivity index (χ4n) is 3.45. The molecule has 0 atom stereocenters. The highest BCUT2D eigenvalue weighted by Gasteiger charge is 2.25. The molecule has 4 aromatic rings. The van der Waals surface area contributed by atoms with Gasteiger partial charge in [0.1, 0.15) is 17.0 Å². The molecule has 0 N–H and O–H groups in total. The van der Waals surface area contributed by atoms with E-state index in [1.807, 2.05) is 62.8 Å². The van der Waals surface area contributed by atoms with E-state index >= 15 is 0 Å². The molecule has 0 aliphatic rings. The molecule has 2 heterocycles. The molecular weight excluding hydrogens is 352 g/mol. The summed E-state index contributed by atoms with van der Waals surface area (Å²) in [5, 5.41) is 0.786. The van der Waals surface area contributed by atoms with Crippen LogP contribution in [0.3, 0.4) is 0 Å². The summed E-state index contributed by atoms with van der Waals surface area (Å²) in [5.41, 5.74) is 5.51. The predicted octanol–water partition coefficient (Wildman–Crippen LogP) is 5.00. The maximum atomic E-state index is 13.6. The molecule has 5 heteroatoms. The summed E-state index contributed by atoms with van der Waals surface area (Å²) in [6.07, 6.45) is 3.55. The zero-order valence-electron chi connectivity index (χ0n) is 16.7. The summed E-state index contributed by atoms with van der Waals surface area (Å²) in [6, 6.07) is 9.55. The number of hydrogen-bond acceptors (Lipinski definition) is 4. The molecule has 0 amide bonds. The van der Waals surface area contributed by atoms with Crippen LogP contribution in [0.4, 0.5) is 0 Å². The average Bonchev–Trinajstić information content (AvgIpc) is 3.26. The SMILES string of the molecule is COc1cc(C(=O)c2c(-c3cn(C)cn3)oc3cc(C)ccc23)cc(C)c1C. The molecule has 0 aliphatic carbocycles. The lowest BCUT2D eigenvalue weighted by atomic mass is 9.95. The van der Waals surface area contributed by atoms with Gasteiger partial charge in [0.2, 0.25) is 0 Å². The number of fused-ring (bicyclic) bond motifs is 1. The molecule has 4 rings (SSSR count). The number of carbonyl (C=O) groups is 1. The smallest absolute Gasteiger partial charge is 0.197 e. The van der Waals surface area contributed by atoms with Crippen LogP contribution in [-0.2, 0) is 7.05 Å². The third kappa shape index (κ3) is 2.89. The number of carbonyl (C=O) groups excluding carboxylic acids is 1. The van der Waals surface area contributed by atoms with E-state index in [9.17, 15) is 4.79 Å². The molecule has 0 unspecified atom stereocenters. The van der Waals surface area contributed by atoms with Crippen molar-refractivity contribution in [3.63, 3.8) is 0 Å². The van der Waals surface area contributed by atoms with E-state index in [-0.39, 0.29) is 5.78 Å². The summed E-state index contributed by atoms with van der Waals surface area (Å²) in [7, 11) is 3.50. The van der Waals surface area contributed by atoms with Gasteiger partial charge < -0.3 is 13.7 Å². The van der Waals surface area contributed by atoms with Crippen molar-refractivity contribution in [2.75, 3.05) is 7.11 Å². The molecule has 2 aromatic carbocycles. The Morgan fingerprint density at radius 2 is 1.93 bits per heavy atom. The van der Waals surface area contributed by atoms with Gasteiger partial charge in [0, 0.05) is 24.2 Å². The van der Waals surface area contributed by atoms with E-state index in [4.69, 9.17) is 9.15 Å². The molecule has 142 valence electrons. The number of aryl methyl sites for hydroxylation is 3. The maximum absolute atomic E-state index is 13.6. The first kappa shape index (κ1) is 18.0. The van der Waals surface area contributed by atoms with Crippen molar-refractivity contribution in [1.82, 2.24) is 9.55 Å². The van der Waals surface area contributed by atoms with Crippen LogP contribution in [0.25, 0.3) is 22.4 Å². The Bertz CT molecular complexity index is 1210. The van der Waals surface area contributed by atoms with Gasteiger partial charge >= 0.3 is 0 Å². The normalized spacial score (nSPS) is 11.2. The van der Waals surface area contributed by atoms with E-state index in [0.717, 1.165) is 22.1 Å². The fourth-order valence-corrected chi connectivity index (χ4v) is 3.45. The van der Waals surface area contributed by atoms with E-state index in [1.165, 1.54) is 0 Å². The van der Waals surface area contributed by atoms with Gasteiger partial charge in [0.15, 0.2) is 11.5 Å². The molecule has 0 saturated carbocycles. The Labute approximate surface area is 163 Å². The average molecular weight is 374 g/mol. The summed E-state index contributed by atoms with van der Waals surface area (Å²) < 4.78 is 13.4. The van der Waals surface area contributed by atoms with Crippen molar-refractivity contribution < 1.29 is 13.9 Å². The van der Waals surface area contributed by atoms with Crippen LogP contribution in [0.5, 0.6) is 5.75 Å².